The molecule has 5 rings (SSSR count). The van der Waals surface area contributed by atoms with E-state index < -0.39 is 0 Å². The zero-order chi connectivity index (χ0) is 18.3. The van der Waals surface area contributed by atoms with Gasteiger partial charge in [0.05, 0.1) is 11.4 Å². The Bertz CT molecular complexity index is 985. The van der Waals surface area contributed by atoms with Gasteiger partial charge in [0, 0.05) is 29.6 Å². The van der Waals surface area contributed by atoms with Crippen molar-refractivity contribution in [2.24, 2.45) is 5.41 Å². The maximum atomic E-state index is 2.62. The van der Waals surface area contributed by atoms with Crippen molar-refractivity contribution in [3.05, 3.63) is 59.4 Å². The predicted molar refractivity (Wildman–Crippen MR) is 111 cm³/mol. The molecule has 0 aromatic heterocycles. The smallest absolute Gasteiger partial charge is 0.112 e. The average Bonchev–Trinajstić information content (AvgIpc) is 3.01. The van der Waals surface area contributed by atoms with Gasteiger partial charge in [-0.3, -0.25) is 0 Å². The van der Waals surface area contributed by atoms with E-state index in [1.807, 2.05) is 0 Å². The van der Waals surface area contributed by atoms with E-state index in [-0.39, 0.29) is 10.8 Å². The molecular formula is C24H28N2. The molecule has 2 heteroatoms. The first-order valence-electron chi connectivity index (χ1n) is 9.93. The fraction of sp³-hybridized carbons (Fsp3) is 0.417. The molecule has 0 spiro atoms. The van der Waals surface area contributed by atoms with E-state index in [9.17, 15) is 0 Å². The number of benzene rings is 2. The Labute approximate surface area is 156 Å². The number of hydrogen-bond donors (Lipinski definition) is 0. The molecule has 0 amide bonds. The van der Waals surface area contributed by atoms with Crippen molar-refractivity contribution in [1.82, 2.24) is 4.90 Å². The second kappa shape index (κ2) is 4.94. The van der Waals surface area contributed by atoms with Gasteiger partial charge < -0.3 is 9.80 Å². The molecule has 0 N–H and O–H groups in total. The molecule has 2 aromatic carbocycles. The molecule has 3 unspecified atom stereocenters. The van der Waals surface area contributed by atoms with Crippen molar-refractivity contribution in [3.8, 4) is 0 Å². The van der Waals surface area contributed by atoms with Crippen LogP contribution in [0, 0.1) is 5.41 Å². The third-order valence-electron chi connectivity index (χ3n) is 7.83. The Morgan fingerprint density at radius 2 is 1.81 bits per heavy atom. The molecule has 3 aliphatic rings. The SMILES string of the molecule is CCC1(C)c2cc3ccccc3c3c2N2C(=CN(C)C2C1(C)CC)C=C3. The largest absolute Gasteiger partial charge is 0.358 e. The van der Waals surface area contributed by atoms with Gasteiger partial charge in [0.25, 0.3) is 0 Å². The molecule has 3 heterocycles. The lowest BCUT2D eigenvalue weighted by atomic mass is 9.54. The number of rotatable bonds is 2. The molecule has 134 valence electrons. The summed E-state index contributed by atoms with van der Waals surface area (Å²) in [6, 6.07) is 11.4. The summed E-state index contributed by atoms with van der Waals surface area (Å²) in [5, 5.41) is 2.73. The second-order valence-corrected chi connectivity index (χ2v) is 8.66. The average molecular weight is 345 g/mol. The molecule has 2 nitrogen and oxygen atoms in total. The lowest BCUT2D eigenvalue weighted by Crippen LogP contribution is -2.62. The van der Waals surface area contributed by atoms with Gasteiger partial charge in [0.15, 0.2) is 0 Å². The highest BCUT2D eigenvalue weighted by Gasteiger charge is 2.59. The van der Waals surface area contributed by atoms with E-state index in [1.165, 1.54) is 33.3 Å². The molecule has 2 aromatic rings. The molecule has 0 saturated carbocycles. The van der Waals surface area contributed by atoms with Crippen LogP contribution >= 0.6 is 0 Å². The van der Waals surface area contributed by atoms with Crippen molar-refractivity contribution in [2.75, 3.05) is 11.9 Å². The number of nitrogens with zero attached hydrogens (tertiary/aromatic N) is 2. The summed E-state index contributed by atoms with van der Waals surface area (Å²) in [6.07, 6.45) is 9.67. The standard InChI is InChI=1S/C24H28N2/c1-6-23(3)20-14-16-10-8-9-11-18(16)19-13-12-17-15-25(5)22(24(23,4)7-2)26(17)21(19)20/h8-15,22H,6-7H2,1-5H3. The number of hydrogen-bond acceptors (Lipinski definition) is 2. The summed E-state index contributed by atoms with van der Waals surface area (Å²) >= 11 is 0. The first-order valence-corrected chi connectivity index (χ1v) is 9.93. The quantitative estimate of drug-likeness (QED) is 0.671. The van der Waals surface area contributed by atoms with E-state index in [2.05, 4.69) is 93.2 Å². The molecule has 3 aliphatic heterocycles. The summed E-state index contributed by atoms with van der Waals surface area (Å²) in [5.41, 5.74) is 6.02. The minimum absolute atomic E-state index is 0.139. The van der Waals surface area contributed by atoms with Gasteiger partial charge in [-0.2, -0.15) is 0 Å². The van der Waals surface area contributed by atoms with Gasteiger partial charge in [-0.1, -0.05) is 58.0 Å². The Hall–Kier alpha value is -2.22. The van der Waals surface area contributed by atoms with Crippen LogP contribution in [0.3, 0.4) is 0 Å². The van der Waals surface area contributed by atoms with Crippen molar-refractivity contribution in [3.63, 3.8) is 0 Å². The molecule has 0 fully saturated rings. The first kappa shape index (κ1) is 16.0. The van der Waals surface area contributed by atoms with Crippen LogP contribution in [0.2, 0.25) is 0 Å². The number of fused-ring (bicyclic) bond motifs is 2. The number of anilines is 1. The maximum absolute atomic E-state index is 2.62. The van der Waals surface area contributed by atoms with Crippen LogP contribution < -0.4 is 4.90 Å². The van der Waals surface area contributed by atoms with Crippen LogP contribution in [0.15, 0.2) is 48.3 Å². The van der Waals surface area contributed by atoms with Gasteiger partial charge >= 0.3 is 0 Å². The van der Waals surface area contributed by atoms with Gasteiger partial charge in [0.1, 0.15) is 6.17 Å². The summed E-state index contributed by atoms with van der Waals surface area (Å²) in [4.78, 5) is 5.07. The van der Waals surface area contributed by atoms with Crippen molar-refractivity contribution in [2.45, 2.75) is 52.1 Å². The molecule has 26 heavy (non-hydrogen) atoms. The molecule has 0 saturated heterocycles. The fourth-order valence-corrected chi connectivity index (χ4v) is 5.92. The van der Waals surface area contributed by atoms with Gasteiger partial charge in [-0.05, 0) is 41.3 Å². The Morgan fingerprint density at radius 1 is 1.04 bits per heavy atom. The van der Waals surface area contributed by atoms with Crippen LogP contribution in [-0.2, 0) is 5.41 Å². The van der Waals surface area contributed by atoms with E-state index in [4.69, 9.17) is 0 Å². The molecule has 0 bridgehead atoms. The topological polar surface area (TPSA) is 6.48 Å². The fourth-order valence-electron chi connectivity index (χ4n) is 5.92. The molecule has 0 radical (unpaired) electrons. The van der Waals surface area contributed by atoms with E-state index in [0.717, 1.165) is 12.8 Å². The first-order chi connectivity index (χ1) is 12.5. The highest BCUT2D eigenvalue weighted by molar-refractivity contribution is 6.01. The van der Waals surface area contributed by atoms with Gasteiger partial charge in [0.2, 0.25) is 0 Å². The van der Waals surface area contributed by atoms with Crippen molar-refractivity contribution >= 4 is 22.5 Å². The minimum atomic E-state index is 0.139. The lowest BCUT2D eigenvalue weighted by Gasteiger charge is -2.60. The monoisotopic (exact) mass is 344 g/mol. The minimum Gasteiger partial charge on any atom is -0.358 e. The third-order valence-corrected chi connectivity index (χ3v) is 7.83. The van der Waals surface area contributed by atoms with Crippen molar-refractivity contribution < 1.29 is 0 Å². The summed E-state index contributed by atoms with van der Waals surface area (Å²) < 4.78 is 0. The zero-order valence-corrected chi connectivity index (χ0v) is 16.5. The summed E-state index contributed by atoms with van der Waals surface area (Å²) in [5.74, 6) is 0. The Balaban J connectivity index is 1.96. The highest BCUT2D eigenvalue weighted by Crippen LogP contribution is 2.62. The Kier molecular flexibility index (Phi) is 3.04. The maximum Gasteiger partial charge on any atom is 0.112 e. The van der Waals surface area contributed by atoms with Crippen LogP contribution in [0.5, 0.6) is 0 Å². The zero-order valence-electron chi connectivity index (χ0n) is 16.5. The Morgan fingerprint density at radius 3 is 2.54 bits per heavy atom. The van der Waals surface area contributed by atoms with E-state index in [0.29, 0.717) is 6.17 Å². The highest BCUT2D eigenvalue weighted by atomic mass is 15.4. The normalized spacial score (nSPS) is 31.4. The molecule has 3 atom stereocenters. The van der Waals surface area contributed by atoms with Crippen LogP contribution in [-0.4, -0.2) is 18.1 Å². The lowest BCUT2D eigenvalue weighted by molar-refractivity contribution is 0.0392. The van der Waals surface area contributed by atoms with Gasteiger partial charge in [-0.15, -0.1) is 0 Å². The summed E-state index contributed by atoms with van der Waals surface area (Å²) in [6.45, 7) is 9.74. The van der Waals surface area contributed by atoms with Crippen LogP contribution in [0.1, 0.15) is 51.7 Å². The van der Waals surface area contributed by atoms with Gasteiger partial charge in [-0.25, -0.2) is 0 Å². The third kappa shape index (κ3) is 1.60. The van der Waals surface area contributed by atoms with Crippen LogP contribution in [0.4, 0.5) is 5.69 Å². The second-order valence-electron chi connectivity index (χ2n) is 8.66. The molecular weight excluding hydrogens is 316 g/mol. The molecule has 0 aliphatic carbocycles. The summed E-state index contributed by atoms with van der Waals surface area (Å²) in [7, 11) is 2.25. The van der Waals surface area contributed by atoms with E-state index in [1.54, 1.807) is 0 Å². The van der Waals surface area contributed by atoms with Crippen LogP contribution in [0.25, 0.3) is 16.8 Å². The number of allylic oxidation sites excluding steroid dienone is 1. The van der Waals surface area contributed by atoms with Crippen molar-refractivity contribution in [1.29, 1.82) is 0 Å². The predicted octanol–water partition coefficient (Wildman–Crippen LogP) is 5.88. The van der Waals surface area contributed by atoms with E-state index >= 15 is 0 Å².